The molecule has 1 aromatic carbocycles. The molecule has 0 saturated heterocycles. The van der Waals surface area contributed by atoms with E-state index < -0.39 is 0 Å². The van der Waals surface area contributed by atoms with Gasteiger partial charge >= 0.3 is 0 Å². The van der Waals surface area contributed by atoms with Gasteiger partial charge in [-0.15, -0.1) is 0 Å². The molecule has 1 rings (SSSR count). The summed E-state index contributed by atoms with van der Waals surface area (Å²) in [7, 11) is 0. The number of nitrogens with two attached hydrogens (primary N) is 2. The highest BCUT2D eigenvalue weighted by Crippen LogP contribution is 2.22. The molecule has 0 aliphatic heterocycles. The van der Waals surface area contributed by atoms with Crippen LogP contribution < -0.4 is 11.5 Å². The maximum Gasteiger partial charge on any atom is 0.124 e. The first-order valence-electron chi connectivity index (χ1n) is 3.55. The first-order chi connectivity index (χ1) is 5.65. The van der Waals surface area contributed by atoms with Gasteiger partial charge in [0.25, 0.3) is 0 Å². The Bertz CT molecular complexity index is 278. The van der Waals surface area contributed by atoms with E-state index in [0.29, 0.717) is 11.0 Å². The Labute approximate surface area is 78.9 Å². The maximum absolute atomic E-state index is 12.6. The second-order valence-corrected chi connectivity index (χ2v) is 3.36. The van der Waals surface area contributed by atoms with E-state index in [4.69, 9.17) is 11.5 Å². The van der Waals surface area contributed by atoms with Gasteiger partial charge in [-0.3, -0.25) is 0 Å². The summed E-state index contributed by atoms with van der Waals surface area (Å²) in [5, 5.41) is 0. The van der Waals surface area contributed by atoms with Crippen molar-refractivity contribution in [3.05, 3.63) is 34.1 Å². The van der Waals surface area contributed by atoms with Crippen LogP contribution in [0.2, 0.25) is 0 Å². The minimum atomic E-state index is -0.283. The number of halogens is 2. The number of hydrogen-bond acceptors (Lipinski definition) is 2. The molecule has 1 aromatic rings. The van der Waals surface area contributed by atoms with Crippen LogP contribution in [-0.4, -0.2) is 6.54 Å². The van der Waals surface area contributed by atoms with Crippen LogP contribution >= 0.6 is 15.9 Å². The van der Waals surface area contributed by atoms with Crippen molar-refractivity contribution in [2.75, 3.05) is 6.54 Å². The fourth-order valence-electron chi connectivity index (χ4n) is 0.929. The third-order valence-electron chi connectivity index (χ3n) is 1.62. The molecule has 12 heavy (non-hydrogen) atoms. The van der Waals surface area contributed by atoms with Crippen LogP contribution in [-0.2, 0) is 0 Å². The average molecular weight is 233 g/mol. The van der Waals surface area contributed by atoms with E-state index in [0.717, 1.165) is 5.56 Å². The smallest absolute Gasteiger partial charge is 0.124 e. The average Bonchev–Trinajstić information content (AvgIpc) is 2.03. The van der Waals surface area contributed by atoms with Crippen LogP contribution in [0.1, 0.15) is 11.6 Å². The molecule has 1 atom stereocenters. The molecule has 0 aliphatic rings. The number of benzene rings is 1. The third-order valence-corrected chi connectivity index (χ3v) is 2.30. The van der Waals surface area contributed by atoms with E-state index >= 15 is 0 Å². The zero-order chi connectivity index (χ0) is 9.14. The maximum atomic E-state index is 12.6. The summed E-state index contributed by atoms with van der Waals surface area (Å²) in [5.74, 6) is -0.283. The quantitative estimate of drug-likeness (QED) is 0.814. The Morgan fingerprint density at radius 3 is 2.67 bits per heavy atom. The van der Waals surface area contributed by atoms with E-state index in [-0.39, 0.29) is 11.9 Å². The lowest BCUT2D eigenvalue weighted by molar-refractivity contribution is 0.623. The highest BCUT2D eigenvalue weighted by molar-refractivity contribution is 9.10. The van der Waals surface area contributed by atoms with Gasteiger partial charge in [-0.1, -0.05) is 22.0 Å². The van der Waals surface area contributed by atoms with Gasteiger partial charge in [-0.25, -0.2) is 4.39 Å². The molecule has 0 aliphatic carbocycles. The van der Waals surface area contributed by atoms with Gasteiger partial charge in [0.05, 0.1) is 0 Å². The predicted molar refractivity (Wildman–Crippen MR) is 50.1 cm³/mol. The molecular formula is C8H10BrFN2. The van der Waals surface area contributed by atoms with Crippen molar-refractivity contribution in [2.45, 2.75) is 6.04 Å². The monoisotopic (exact) mass is 232 g/mol. The van der Waals surface area contributed by atoms with Gasteiger partial charge < -0.3 is 11.5 Å². The van der Waals surface area contributed by atoms with Crippen molar-refractivity contribution in [3.8, 4) is 0 Å². The molecule has 0 aromatic heterocycles. The molecule has 0 heterocycles. The lowest BCUT2D eigenvalue weighted by atomic mass is 10.1. The van der Waals surface area contributed by atoms with E-state index in [1.807, 2.05) is 0 Å². The van der Waals surface area contributed by atoms with Gasteiger partial charge in [0.2, 0.25) is 0 Å². The summed E-state index contributed by atoms with van der Waals surface area (Å²) in [6, 6.07) is 4.15. The summed E-state index contributed by atoms with van der Waals surface area (Å²) in [5.41, 5.74) is 11.9. The fourth-order valence-corrected chi connectivity index (χ4v) is 1.57. The fraction of sp³-hybridized carbons (Fsp3) is 0.250. The summed E-state index contributed by atoms with van der Waals surface area (Å²) in [6.45, 7) is 0.351. The molecule has 66 valence electrons. The van der Waals surface area contributed by atoms with E-state index in [1.54, 1.807) is 6.07 Å². The predicted octanol–water partition coefficient (Wildman–Crippen LogP) is 1.55. The normalized spacial score (nSPS) is 13.0. The second kappa shape index (κ2) is 3.98. The number of hydrogen-bond donors (Lipinski definition) is 2. The minimum absolute atomic E-state index is 0.236. The Hall–Kier alpha value is -0.450. The van der Waals surface area contributed by atoms with Crippen molar-refractivity contribution in [1.29, 1.82) is 0 Å². The van der Waals surface area contributed by atoms with E-state index in [2.05, 4.69) is 15.9 Å². The van der Waals surface area contributed by atoms with Gasteiger partial charge in [0.1, 0.15) is 5.82 Å². The molecular weight excluding hydrogens is 223 g/mol. The van der Waals surface area contributed by atoms with Crippen LogP contribution in [0.5, 0.6) is 0 Å². The van der Waals surface area contributed by atoms with Crippen LogP contribution in [0.15, 0.2) is 22.7 Å². The zero-order valence-corrected chi connectivity index (χ0v) is 8.01. The number of rotatable bonds is 2. The highest BCUT2D eigenvalue weighted by atomic mass is 79.9. The minimum Gasteiger partial charge on any atom is -0.329 e. The van der Waals surface area contributed by atoms with Gasteiger partial charge in [-0.2, -0.15) is 0 Å². The molecule has 0 fully saturated rings. The van der Waals surface area contributed by atoms with Crippen LogP contribution in [0.3, 0.4) is 0 Å². The van der Waals surface area contributed by atoms with Crippen molar-refractivity contribution in [3.63, 3.8) is 0 Å². The Morgan fingerprint density at radius 1 is 1.50 bits per heavy atom. The van der Waals surface area contributed by atoms with E-state index in [1.165, 1.54) is 12.1 Å². The summed E-state index contributed by atoms with van der Waals surface area (Å²) < 4.78 is 13.3. The summed E-state index contributed by atoms with van der Waals surface area (Å²) >= 11 is 3.21. The summed E-state index contributed by atoms with van der Waals surface area (Å²) in [6.07, 6.45) is 0. The largest absolute Gasteiger partial charge is 0.329 e. The molecule has 0 radical (unpaired) electrons. The molecule has 0 saturated carbocycles. The Morgan fingerprint density at radius 2 is 2.17 bits per heavy atom. The highest BCUT2D eigenvalue weighted by Gasteiger charge is 2.07. The van der Waals surface area contributed by atoms with Crippen molar-refractivity contribution in [2.24, 2.45) is 11.5 Å². The lowest BCUT2D eigenvalue weighted by Gasteiger charge is -2.10. The molecule has 4 N–H and O–H groups in total. The standard InChI is InChI=1S/C8H10BrFN2/c9-7-3-5(10)1-2-6(7)8(12)4-11/h1-3,8H,4,11-12H2/t8-/m0/s1. The molecule has 2 nitrogen and oxygen atoms in total. The molecule has 0 bridgehead atoms. The first-order valence-corrected chi connectivity index (χ1v) is 4.35. The van der Waals surface area contributed by atoms with Gasteiger partial charge in [0, 0.05) is 17.1 Å². The lowest BCUT2D eigenvalue weighted by Crippen LogP contribution is -2.21. The zero-order valence-electron chi connectivity index (χ0n) is 6.43. The van der Waals surface area contributed by atoms with Crippen molar-refractivity contribution in [1.82, 2.24) is 0 Å². The molecule has 0 spiro atoms. The summed E-state index contributed by atoms with van der Waals surface area (Å²) in [4.78, 5) is 0. The van der Waals surface area contributed by atoms with E-state index in [9.17, 15) is 4.39 Å². The van der Waals surface area contributed by atoms with Gasteiger partial charge in [-0.05, 0) is 17.7 Å². The van der Waals surface area contributed by atoms with Crippen LogP contribution in [0.25, 0.3) is 0 Å². The third kappa shape index (κ3) is 2.03. The second-order valence-electron chi connectivity index (χ2n) is 2.51. The van der Waals surface area contributed by atoms with Crippen LogP contribution in [0.4, 0.5) is 4.39 Å². The Kier molecular flexibility index (Phi) is 3.20. The van der Waals surface area contributed by atoms with Crippen molar-refractivity contribution < 1.29 is 4.39 Å². The first kappa shape index (κ1) is 9.64. The SMILES string of the molecule is NC[C@H](N)c1ccc(F)cc1Br. The van der Waals surface area contributed by atoms with Crippen LogP contribution in [0, 0.1) is 5.82 Å². The topological polar surface area (TPSA) is 52.0 Å². The van der Waals surface area contributed by atoms with Gasteiger partial charge in [0.15, 0.2) is 0 Å². The molecule has 0 amide bonds. The Balaban J connectivity index is 3.01. The molecule has 0 unspecified atom stereocenters. The van der Waals surface area contributed by atoms with Crippen molar-refractivity contribution >= 4 is 15.9 Å². The molecule has 4 heteroatoms.